The standard InChI is InChI=1S/C21H27BrN2O3/c1-12(2)17-20(26-6)23-16(19(24-17)25-5)11-13-7-8-15(22)18-14(13)9-10-21(3,4)27-18/h7-10,12,16-17H,11H2,1-6H3/t16-,17?/m1/s1. The quantitative estimate of drug-likeness (QED) is 0.693. The first-order valence-corrected chi connectivity index (χ1v) is 9.98. The third-order valence-corrected chi connectivity index (χ3v) is 5.43. The van der Waals surface area contributed by atoms with Crippen molar-refractivity contribution in [3.05, 3.63) is 33.8 Å². The van der Waals surface area contributed by atoms with Gasteiger partial charge in [-0.05, 0) is 53.4 Å². The molecule has 2 heterocycles. The van der Waals surface area contributed by atoms with Gasteiger partial charge in [0.15, 0.2) is 0 Å². The number of hydrogen-bond acceptors (Lipinski definition) is 5. The van der Waals surface area contributed by atoms with E-state index < -0.39 is 0 Å². The molecule has 27 heavy (non-hydrogen) atoms. The Morgan fingerprint density at radius 1 is 1.15 bits per heavy atom. The van der Waals surface area contributed by atoms with Gasteiger partial charge in [0.25, 0.3) is 0 Å². The lowest BCUT2D eigenvalue weighted by Gasteiger charge is -2.31. The zero-order chi connectivity index (χ0) is 19.8. The molecular formula is C21H27BrN2O3. The second-order valence-electron chi connectivity index (χ2n) is 7.74. The molecule has 1 aromatic rings. The molecule has 1 aromatic carbocycles. The van der Waals surface area contributed by atoms with Crippen molar-refractivity contribution in [3.8, 4) is 5.75 Å². The minimum atomic E-state index is -0.329. The second-order valence-corrected chi connectivity index (χ2v) is 8.59. The van der Waals surface area contributed by atoms with E-state index in [1.807, 2.05) is 19.9 Å². The summed E-state index contributed by atoms with van der Waals surface area (Å²) in [4.78, 5) is 9.57. The maximum Gasteiger partial charge on any atom is 0.209 e. The molecule has 2 aliphatic heterocycles. The molecule has 0 radical (unpaired) electrons. The van der Waals surface area contributed by atoms with E-state index in [9.17, 15) is 0 Å². The number of hydrogen-bond donors (Lipinski definition) is 0. The Morgan fingerprint density at radius 2 is 1.85 bits per heavy atom. The average molecular weight is 435 g/mol. The van der Waals surface area contributed by atoms with Crippen molar-refractivity contribution >= 4 is 33.8 Å². The Kier molecular flexibility index (Phi) is 5.65. The van der Waals surface area contributed by atoms with Crippen LogP contribution in [-0.2, 0) is 15.9 Å². The van der Waals surface area contributed by atoms with E-state index in [1.165, 1.54) is 0 Å². The lowest BCUT2D eigenvalue weighted by molar-refractivity contribution is 0.157. The normalized spacial score (nSPS) is 23.3. The molecule has 2 aliphatic rings. The summed E-state index contributed by atoms with van der Waals surface area (Å²) in [5.41, 5.74) is 1.88. The van der Waals surface area contributed by atoms with Crippen LogP contribution in [0.5, 0.6) is 5.75 Å². The predicted octanol–water partition coefficient (Wildman–Crippen LogP) is 4.67. The maximum absolute atomic E-state index is 6.17. The fourth-order valence-electron chi connectivity index (χ4n) is 3.36. The van der Waals surface area contributed by atoms with Crippen molar-refractivity contribution in [2.24, 2.45) is 15.9 Å². The molecule has 0 aromatic heterocycles. The Balaban J connectivity index is 1.96. The minimum absolute atomic E-state index is 0.107. The highest BCUT2D eigenvalue weighted by atomic mass is 79.9. The van der Waals surface area contributed by atoms with Gasteiger partial charge in [0.1, 0.15) is 23.4 Å². The molecule has 0 saturated heterocycles. The van der Waals surface area contributed by atoms with Gasteiger partial charge in [0.2, 0.25) is 11.8 Å². The van der Waals surface area contributed by atoms with Gasteiger partial charge in [0, 0.05) is 12.0 Å². The van der Waals surface area contributed by atoms with Gasteiger partial charge in [-0.3, -0.25) is 0 Å². The molecule has 5 nitrogen and oxygen atoms in total. The van der Waals surface area contributed by atoms with E-state index >= 15 is 0 Å². The first kappa shape index (κ1) is 19.9. The summed E-state index contributed by atoms with van der Waals surface area (Å²) in [5.74, 6) is 2.46. The maximum atomic E-state index is 6.17. The molecular weight excluding hydrogens is 408 g/mol. The molecule has 0 bridgehead atoms. The van der Waals surface area contributed by atoms with Crippen LogP contribution in [0.1, 0.15) is 38.8 Å². The summed E-state index contributed by atoms with van der Waals surface area (Å²) in [7, 11) is 3.30. The van der Waals surface area contributed by atoms with Crippen molar-refractivity contribution in [3.63, 3.8) is 0 Å². The molecule has 1 unspecified atom stereocenters. The molecule has 0 amide bonds. The number of fused-ring (bicyclic) bond motifs is 1. The van der Waals surface area contributed by atoms with Crippen molar-refractivity contribution in [2.75, 3.05) is 14.2 Å². The lowest BCUT2D eigenvalue weighted by atomic mass is 9.94. The summed E-state index contributed by atoms with van der Waals surface area (Å²) in [6.07, 6.45) is 4.87. The number of rotatable bonds is 3. The molecule has 0 aliphatic carbocycles. The molecule has 6 heteroatoms. The van der Waals surface area contributed by atoms with Gasteiger partial charge in [-0.25, -0.2) is 9.98 Å². The fourth-order valence-corrected chi connectivity index (χ4v) is 3.79. The topological polar surface area (TPSA) is 52.4 Å². The van der Waals surface area contributed by atoms with Gasteiger partial charge in [0.05, 0.1) is 18.7 Å². The van der Waals surface area contributed by atoms with Crippen LogP contribution in [0.25, 0.3) is 6.08 Å². The highest BCUT2D eigenvalue weighted by Crippen LogP contribution is 2.39. The third-order valence-electron chi connectivity index (χ3n) is 4.81. The molecule has 3 rings (SSSR count). The number of nitrogens with zero attached hydrogens (tertiary/aromatic N) is 2. The first-order valence-electron chi connectivity index (χ1n) is 9.18. The summed E-state index contributed by atoms with van der Waals surface area (Å²) < 4.78 is 18.2. The van der Waals surface area contributed by atoms with Gasteiger partial charge in [-0.2, -0.15) is 0 Å². The largest absolute Gasteiger partial charge is 0.483 e. The van der Waals surface area contributed by atoms with E-state index in [0.717, 1.165) is 21.3 Å². The Hall–Kier alpha value is -1.82. The molecule has 146 valence electrons. The highest BCUT2D eigenvalue weighted by molar-refractivity contribution is 9.10. The van der Waals surface area contributed by atoms with E-state index in [2.05, 4.69) is 48.0 Å². The van der Waals surface area contributed by atoms with Gasteiger partial charge in [-0.1, -0.05) is 26.0 Å². The Labute approximate surface area is 169 Å². The monoisotopic (exact) mass is 434 g/mol. The average Bonchev–Trinajstić information content (AvgIpc) is 2.62. The number of benzene rings is 1. The third kappa shape index (κ3) is 4.05. The van der Waals surface area contributed by atoms with Crippen molar-refractivity contribution in [1.29, 1.82) is 0 Å². The van der Waals surface area contributed by atoms with Crippen LogP contribution in [-0.4, -0.2) is 43.7 Å². The van der Waals surface area contributed by atoms with Crippen molar-refractivity contribution < 1.29 is 14.2 Å². The van der Waals surface area contributed by atoms with Crippen LogP contribution in [0, 0.1) is 5.92 Å². The number of ether oxygens (including phenoxy) is 3. The summed E-state index contributed by atoms with van der Waals surface area (Å²) in [6, 6.07) is 3.80. The smallest absolute Gasteiger partial charge is 0.209 e. The number of aliphatic imine (C=N–C) groups is 2. The van der Waals surface area contributed by atoms with Crippen molar-refractivity contribution in [1.82, 2.24) is 0 Å². The van der Waals surface area contributed by atoms with E-state index in [-0.39, 0.29) is 23.6 Å². The van der Waals surface area contributed by atoms with Gasteiger partial charge in [-0.15, -0.1) is 0 Å². The molecule has 0 spiro atoms. The first-order chi connectivity index (χ1) is 12.8. The van der Waals surface area contributed by atoms with E-state index in [1.54, 1.807) is 14.2 Å². The van der Waals surface area contributed by atoms with Crippen LogP contribution in [0.15, 0.2) is 32.7 Å². The SMILES string of the molecule is COC1=N[C@H](Cc2ccc(Br)c3c2C=CC(C)(C)O3)C(OC)=NC1C(C)C. The Morgan fingerprint density at radius 3 is 2.48 bits per heavy atom. The summed E-state index contributed by atoms with van der Waals surface area (Å²) in [5, 5.41) is 0. The fraction of sp³-hybridized carbons (Fsp3) is 0.524. The molecule has 0 saturated carbocycles. The molecule has 0 N–H and O–H groups in total. The predicted molar refractivity (Wildman–Crippen MR) is 113 cm³/mol. The van der Waals surface area contributed by atoms with Crippen molar-refractivity contribution in [2.45, 2.75) is 51.8 Å². The van der Waals surface area contributed by atoms with Crippen LogP contribution in [0.3, 0.4) is 0 Å². The van der Waals surface area contributed by atoms with E-state index in [4.69, 9.17) is 24.2 Å². The highest BCUT2D eigenvalue weighted by Gasteiger charge is 2.32. The van der Waals surface area contributed by atoms with Gasteiger partial charge >= 0.3 is 0 Å². The van der Waals surface area contributed by atoms with E-state index in [0.29, 0.717) is 18.2 Å². The summed E-state index contributed by atoms with van der Waals surface area (Å²) >= 11 is 3.61. The second kappa shape index (κ2) is 7.66. The van der Waals surface area contributed by atoms with Crippen LogP contribution < -0.4 is 4.74 Å². The Bertz CT molecular complexity index is 812. The number of methoxy groups -OCH3 is 2. The van der Waals surface area contributed by atoms with Crippen LogP contribution in [0.4, 0.5) is 0 Å². The van der Waals surface area contributed by atoms with Crippen LogP contribution in [0.2, 0.25) is 0 Å². The summed E-state index contributed by atoms with van der Waals surface area (Å²) in [6.45, 7) is 8.30. The number of halogens is 1. The molecule has 2 atom stereocenters. The lowest BCUT2D eigenvalue weighted by Crippen LogP contribution is -2.38. The zero-order valence-electron chi connectivity index (χ0n) is 16.7. The zero-order valence-corrected chi connectivity index (χ0v) is 18.3. The minimum Gasteiger partial charge on any atom is -0.483 e. The van der Waals surface area contributed by atoms with Gasteiger partial charge < -0.3 is 14.2 Å². The molecule has 0 fully saturated rings. The van der Waals surface area contributed by atoms with Crippen LogP contribution >= 0.6 is 15.9 Å².